The highest BCUT2D eigenvalue weighted by atomic mass is 35.5. The average Bonchev–Trinajstić information content (AvgIpc) is 2.68. The molecule has 0 N–H and O–H groups in total. The zero-order chi connectivity index (χ0) is 20.3. The Kier molecular flexibility index (Phi) is 6.29. The molecular formula is C21H18Cl2N2O3. The van der Waals surface area contributed by atoms with Crippen molar-refractivity contribution in [2.75, 3.05) is 13.7 Å². The van der Waals surface area contributed by atoms with Gasteiger partial charge in [0.2, 0.25) is 0 Å². The third-order valence-corrected chi connectivity index (χ3v) is 4.77. The lowest BCUT2D eigenvalue weighted by molar-refractivity contribution is 0.101. The van der Waals surface area contributed by atoms with E-state index in [0.29, 0.717) is 33.5 Å². The molecule has 0 aliphatic heterocycles. The van der Waals surface area contributed by atoms with Gasteiger partial charge in [-0.25, -0.2) is 4.68 Å². The average molecular weight is 417 g/mol. The second-order valence-corrected chi connectivity index (χ2v) is 7.06. The van der Waals surface area contributed by atoms with Crippen molar-refractivity contribution in [1.82, 2.24) is 9.78 Å². The van der Waals surface area contributed by atoms with Gasteiger partial charge in [0, 0.05) is 28.3 Å². The SMILES string of the molecule is COCCn1nc(-c2ccc(Cl)cc2)c(-c2ccc(Cl)cc2)c(C(C)=O)c1=O. The number of ether oxygens (including phenoxy) is 1. The first-order valence-corrected chi connectivity index (χ1v) is 9.35. The van der Waals surface area contributed by atoms with E-state index in [-0.39, 0.29) is 17.9 Å². The van der Waals surface area contributed by atoms with Gasteiger partial charge in [-0.15, -0.1) is 0 Å². The Hall–Kier alpha value is -2.47. The molecule has 0 fully saturated rings. The predicted molar refractivity (Wildman–Crippen MR) is 111 cm³/mol. The van der Waals surface area contributed by atoms with Crippen LogP contribution in [0.15, 0.2) is 53.3 Å². The number of nitrogens with zero attached hydrogens (tertiary/aromatic N) is 2. The number of carbonyl (C=O) groups excluding carboxylic acids is 1. The van der Waals surface area contributed by atoms with E-state index in [1.807, 2.05) is 0 Å². The lowest BCUT2D eigenvalue weighted by atomic mass is 9.94. The number of rotatable bonds is 6. The number of methoxy groups -OCH3 is 1. The van der Waals surface area contributed by atoms with E-state index in [9.17, 15) is 9.59 Å². The van der Waals surface area contributed by atoms with Crippen LogP contribution in [0, 0.1) is 0 Å². The molecule has 0 unspecified atom stereocenters. The molecule has 1 heterocycles. The maximum atomic E-state index is 13.0. The van der Waals surface area contributed by atoms with Crippen molar-refractivity contribution in [2.45, 2.75) is 13.5 Å². The lowest BCUT2D eigenvalue weighted by Crippen LogP contribution is -2.31. The Balaban J connectivity index is 2.37. The maximum absolute atomic E-state index is 13.0. The summed E-state index contributed by atoms with van der Waals surface area (Å²) >= 11 is 12.0. The number of ketones is 1. The minimum absolute atomic E-state index is 0.0818. The van der Waals surface area contributed by atoms with Crippen LogP contribution in [0.2, 0.25) is 10.0 Å². The lowest BCUT2D eigenvalue weighted by Gasteiger charge is -2.16. The topological polar surface area (TPSA) is 61.2 Å². The van der Waals surface area contributed by atoms with E-state index in [1.54, 1.807) is 55.6 Å². The first-order valence-electron chi connectivity index (χ1n) is 8.59. The molecule has 0 atom stereocenters. The van der Waals surface area contributed by atoms with Crippen molar-refractivity contribution >= 4 is 29.0 Å². The summed E-state index contributed by atoms with van der Waals surface area (Å²) in [6.07, 6.45) is 0. The molecule has 0 aliphatic carbocycles. The first-order chi connectivity index (χ1) is 13.4. The first kappa shape index (κ1) is 20.3. The van der Waals surface area contributed by atoms with Crippen LogP contribution in [0.5, 0.6) is 0 Å². The van der Waals surface area contributed by atoms with Gasteiger partial charge in [-0.05, 0) is 36.8 Å². The monoisotopic (exact) mass is 416 g/mol. The standard InChI is InChI=1S/C21H18Cl2N2O3/c1-13(26)18-19(14-3-7-16(22)8-4-14)20(15-5-9-17(23)10-6-15)24-25(21(18)27)11-12-28-2/h3-10H,11-12H2,1-2H3. The minimum atomic E-state index is -0.452. The number of hydrogen-bond acceptors (Lipinski definition) is 4. The molecule has 28 heavy (non-hydrogen) atoms. The Labute approximate surface area is 172 Å². The highest BCUT2D eigenvalue weighted by Crippen LogP contribution is 2.33. The molecule has 3 aromatic rings. The van der Waals surface area contributed by atoms with Crippen LogP contribution in [0.3, 0.4) is 0 Å². The van der Waals surface area contributed by atoms with Crippen molar-refractivity contribution in [3.8, 4) is 22.4 Å². The maximum Gasteiger partial charge on any atom is 0.278 e. The summed E-state index contributed by atoms with van der Waals surface area (Å²) in [4.78, 5) is 25.5. The number of carbonyl (C=O) groups is 1. The van der Waals surface area contributed by atoms with Crippen LogP contribution in [-0.4, -0.2) is 29.3 Å². The number of aromatic nitrogens is 2. The quantitative estimate of drug-likeness (QED) is 0.544. The van der Waals surface area contributed by atoms with E-state index in [2.05, 4.69) is 5.10 Å². The largest absolute Gasteiger partial charge is 0.383 e. The highest BCUT2D eigenvalue weighted by molar-refractivity contribution is 6.31. The van der Waals surface area contributed by atoms with E-state index >= 15 is 0 Å². The Morgan fingerprint density at radius 1 is 1.00 bits per heavy atom. The van der Waals surface area contributed by atoms with Crippen molar-refractivity contribution in [2.24, 2.45) is 0 Å². The van der Waals surface area contributed by atoms with Crippen LogP contribution >= 0.6 is 23.2 Å². The van der Waals surface area contributed by atoms with Gasteiger partial charge in [0.25, 0.3) is 5.56 Å². The zero-order valence-corrected chi connectivity index (χ0v) is 16.9. The number of Topliss-reactive ketones (excluding diaryl/α,β-unsaturated/α-hetero) is 1. The van der Waals surface area contributed by atoms with E-state index in [1.165, 1.54) is 11.6 Å². The molecule has 144 valence electrons. The normalized spacial score (nSPS) is 10.9. The fourth-order valence-electron chi connectivity index (χ4n) is 2.93. The third-order valence-electron chi connectivity index (χ3n) is 4.27. The molecule has 0 saturated heterocycles. The van der Waals surface area contributed by atoms with Gasteiger partial charge in [0.15, 0.2) is 5.78 Å². The summed E-state index contributed by atoms with van der Waals surface area (Å²) in [5.74, 6) is -0.335. The van der Waals surface area contributed by atoms with Gasteiger partial charge in [0.1, 0.15) is 0 Å². The number of halogens is 2. The van der Waals surface area contributed by atoms with Crippen molar-refractivity contribution in [1.29, 1.82) is 0 Å². The Morgan fingerprint density at radius 3 is 2.04 bits per heavy atom. The van der Waals surface area contributed by atoms with Crippen LogP contribution in [0.4, 0.5) is 0 Å². The molecule has 7 heteroatoms. The van der Waals surface area contributed by atoms with Crippen molar-refractivity contribution < 1.29 is 9.53 Å². The smallest absolute Gasteiger partial charge is 0.278 e. The van der Waals surface area contributed by atoms with Gasteiger partial charge in [-0.3, -0.25) is 9.59 Å². The molecule has 0 bridgehead atoms. The fraction of sp³-hybridized carbons (Fsp3) is 0.190. The van der Waals surface area contributed by atoms with Crippen LogP contribution < -0.4 is 5.56 Å². The highest BCUT2D eigenvalue weighted by Gasteiger charge is 2.23. The fourth-order valence-corrected chi connectivity index (χ4v) is 3.19. The van der Waals surface area contributed by atoms with Gasteiger partial charge in [0.05, 0.1) is 24.4 Å². The van der Waals surface area contributed by atoms with Crippen LogP contribution in [0.25, 0.3) is 22.4 Å². The van der Waals surface area contributed by atoms with Gasteiger partial charge in [-0.2, -0.15) is 5.10 Å². The molecule has 5 nitrogen and oxygen atoms in total. The Morgan fingerprint density at radius 2 is 1.54 bits per heavy atom. The van der Waals surface area contributed by atoms with E-state index in [0.717, 1.165) is 5.56 Å². The van der Waals surface area contributed by atoms with Crippen molar-refractivity contribution in [3.05, 3.63) is 74.5 Å². The minimum Gasteiger partial charge on any atom is -0.383 e. The molecule has 0 aliphatic rings. The molecule has 0 amide bonds. The molecule has 0 radical (unpaired) electrons. The van der Waals surface area contributed by atoms with E-state index in [4.69, 9.17) is 27.9 Å². The van der Waals surface area contributed by atoms with Gasteiger partial charge >= 0.3 is 0 Å². The molecule has 3 rings (SSSR count). The van der Waals surface area contributed by atoms with Crippen LogP contribution in [-0.2, 0) is 11.3 Å². The Bertz CT molecular complexity index is 1060. The summed E-state index contributed by atoms with van der Waals surface area (Å²) in [5.41, 5.74) is 2.04. The second kappa shape index (κ2) is 8.69. The summed E-state index contributed by atoms with van der Waals surface area (Å²) in [6, 6.07) is 14.0. The van der Waals surface area contributed by atoms with E-state index < -0.39 is 5.56 Å². The van der Waals surface area contributed by atoms with Gasteiger partial charge in [-0.1, -0.05) is 47.5 Å². The second-order valence-electron chi connectivity index (χ2n) is 6.19. The summed E-state index contributed by atoms with van der Waals surface area (Å²) in [6.45, 7) is 1.91. The molecule has 0 spiro atoms. The predicted octanol–water partition coefficient (Wildman–Crippen LogP) is 4.73. The van der Waals surface area contributed by atoms with Crippen molar-refractivity contribution in [3.63, 3.8) is 0 Å². The summed E-state index contributed by atoms with van der Waals surface area (Å²) in [7, 11) is 1.54. The van der Waals surface area contributed by atoms with Crippen LogP contribution in [0.1, 0.15) is 17.3 Å². The number of hydrogen-bond donors (Lipinski definition) is 0. The summed E-state index contributed by atoms with van der Waals surface area (Å²) < 4.78 is 6.34. The molecular weight excluding hydrogens is 399 g/mol. The summed E-state index contributed by atoms with van der Waals surface area (Å²) in [5, 5.41) is 5.69. The zero-order valence-electron chi connectivity index (χ0n) is 15.4. The van der Waals surface area contributed by atoms with Gasteiger partial charge < -0.3 is 4.74 Å². The molecule has 0 saturated carbocycles. The third kappa shape index (κ3) is 4.17. The molecule has 2 aromatic carbocycles. The number of benzene rings is 2. The molecule has 1 aromatic heterocycles.